The third-order valence-electron chi connectivity index (χ3n) is 8.98. The van der Waals surface area contributed by atoms with Crippen LogP contribution in [0.5, 0.6) is 17.2 Å². The van der Waals surface area contributed by atoms with E-state index in [1.807, 2.05) is 24.3 Å². The highest BCUT2D eigenvalue weighted by atomic mass is 19.1. The second-order valence-corrected chi connectivity index (χ2v) is 11.9. The average Bonchev–Trinajstić information content (AvgIpc) is 3.41. The van der Waals surface area contributed by atoms with Gasteiger partial charge >= 0.3 is 0 Å². The van der Waals surface area contributed by atoms with Crippen molar-refractivity contribution >= 4 is 10.9 Å². The summed E-state index contributed by atoms with van der Waals surface area (Å²) in [5.74, 6) is 2.10. The summed E-state index contributed by atoms with van der Waals surface area (Å²) in [6.45, 7) is 10.2. The molecule has 0 atom stereocenters. The van der Waals surface area contributed by atoms with Crippen LogP contribution in [0.2, 0.25) is 0 Å². The number of nitrogens with zero attached hydrogens (tertiary/aromatic N) is 3. The highest BCUT2D eigenvalue weighted by Gasteiger charge is 2.32. The molecule has 0 unspecified atom stereocenters. The van der Waals surface area contributed by atoms with Crippen molar-refractivity contribution in [3.05, 3.63) is 77.5 Å². The van der Waals surface area contributed by atoms with E-state index in [2.05, 4.69) is 64.7 Å². The Labute approximate surface area is 260 Å². The van der Waals surface area contributed by atoms with E-state index in [1.165, 1.54) is 22.0 Å². The SMILES string of the molecule is COc1cc(OC)cc(C(C)(C)N2CCN(Cc3ccc4c(c3)c(-c3ccc(OCF)cc3CN)cn4CCCN)CC2)c1. The molecule has 8 nitrogen and oxygen atoms in total. The Morgan fingerprint density at radius 3 is 2.20 bits per heavy atom. The van der Waals surface area contributed by atoms with Gasteiger partial charge in [0.2, 0.25) is 6.86 Å². The molecule has 236 valence electrons. The van der Waals surface area contributed by atoms with E-state index in [9.17, 15) is 4.39 Å². The van der Waals surface area contributed by atoms with Gasteiger partial charge in [-0.25, -0.2) is 4.39 Å². The second-order valence-electron chi connectivity index (χ2n) is 11.9. The van der Waals surface area contributed by atoms with E-state index < -0.39 is 6.86 Å². The molecular formula is C35H46FN5O3. The summed E-state index contributed by atoms with van der Waals surface area (Å²) in [5, 5.41) is 1.18. The number of fused-ring (bicyclic) bond motifs is 1. The molecule has 9 heteroatoms. The van der Waals surface area contributed by atoms with Crippen molar-refractivity contribution < 1.29 is 18.6 Å². The quantitative estimate of drug-likeness (QED) is 0.209. The highest BCUT2D eigenvalue weighted by Crippen LogP contribution is 2.37. The maximum absolute atomic E-state index is 12.8. The van der Waals surface area contributed by atoms with Crippen molar-refractivity contribution in [1.82, 2.24) is 14.4 Å². The molecule has 3 aromatic carbocycles. The largest absolute Gasteiger partial charge is 0.497 e. The van der Waals surface area contributed by atoms with Crippen LogP contribution in [0.15, 0.2) is 60.8 Å². The van der Waals surface area contributed by atoms with E-state index in [0.29, 0.717) is 18.8 Å². The fraction of sp³-hybridized carbons (Fsp3) is 0.429. The summed E-state index contributed by atoms with van der Waals surface area (Å²) in [7, 11) is 3.38. The Hall–Kier alpha value is -3.63. The van der Waals surface area contributed by atoms with Crippen molar-refractivity contribution in [2.24, 2.45) is 11.5 Å². The third-order valence-corrected chi connectivity index (χ3v) is 8.98. The van der Waals surface area contributed by atoms with Crippen molar-refractivity contribution in [1.29, 1.82) is 0 Å². The molecule has 4 N–H and O–H groups in total. The van der Waals surface area contributed by atoms with Gasteiger partial charge < -0.3 is 30.2 Å². The standard InChI is InChI=1S/C35H46FN5O3/c1-35(2,27-18-29(42-3)20-30(19-27)43-4)41-14-12-39(13-15-41)22-25-6-9-34-32(16-25)33(23-40(34)11-5-10-37)31-8-7-28(44-24-36)17-26(31)21-38/h6-9,16-20,23H,5,10-15,21-22,24,37-38H2,1-4H3. The fourth-order valence-corrected chi connectivity index (χ4v) is 6.32. The Bertz CT molecular complexity index is 1540. The minimum atomic E-state index is -0.868. The Morgan fingerprint density at radius 2 is 1.57 bits per heavy atom. The number of benzene rings is 3. The van der Waals surface area contributed by atoms with Crippen LogP contribution in [0.3, 0.4) is 0 Å². The maximum atomic E-state index is 12.8. The summed E-state index contributed by atoms with van der Waals surface area (Å²) in [5.41, 5.74) is 18.5. The Balaban J connectivity index is 1.36. The van der Waals surface area contributed by atoms with Gasteiger partial charge in [0.25, 0.3) is 0 Å². The van der Waals surface area contributed by atoms with Gasteiger partial charge in [-0.3, -0.25) is 9.80 Å². The average molecular weight is 604 g/mol. The van der Waals surface area contributed by atoms with Gasteiger partial charge in [-0.1, -0.05) is 12.1 Å². The van der Waals surface area contributed by atoms with Gasteiger partial charge in [0, 0.05) is 80.1 Å². The van der Waals surface area contributed by atoms with E-state index in [4.69, 9.17) is 25.7 Å². The number of nitrogens with two attached hydrogens (primary N) is 2. The number of halogens is 1. The van der Waals surface area contributed by atoms with Gasteiger partial charge in [0.05, 0.1) is 14.2 Å². The normalized spacial score (nSPS) is 14.7. The zero-order chi connectivity index (χ0) is 31.3. The van der Waals surface area contributed by atoms with Gasteiger partial charge in [-0.15, -0.1) is 0 Å². The number of aryl methyl sites for hydroxylation is 1. The van der Waals surface area contributed by atoms with E-state index in [1.54, 1.807) is 14.2 Å². The number of rotatable bonds is 13. The zero-order valence-corrected chi connectivity index (χ0v) is 26.4. The predicted molar refractivity (Wildman–Crippen MR) is 175 cm³/mol. The summed E-state index contributed by atoms with van der Waals surface area (Å²) in [4.78, 5) is 5.07. The van der Waals surface area contributed by atoms with E-state index >= 15 is 0 Å². The van der Waals surface area contributed by atoms with Crippen molar-refractivity contribution in [2.45, 2.75) is 45.4 Å². The van der Waals surface area contributed by atoms with Gasteiger partial charge in [-0.2, -0.15) is 0 Å². The molecule has 1 saturated heterocycles. The first-order valence-electron chi connectivity index (χ1n) is 15.4. The first-order chi connectivity index (χ1) is 21.3. The molecule has 1 fully saturated rings. The molecule has 1 aliphatic heterocycles. The molecule has 1 aromatic heterocycles. The first kappa shape index (κ1) is 31.8. The molecule has 1 aliphatic rings. The number of aromatic nitrogens is 1. The van der Waals surface area contributed by atoms with Crippen LogP contribution in [0.25, 0.3) is 22.0 Å². The summed E-state index contributed by atoms with van der Waals surface area (Å²) in [6.07, 6.45) is 3.09. The molecule has 5 rings (SSSR count). The minimum absolute atomic E-state index is 0.167. The van der Waals surface area contributed by atoms with E-state index in [0.717, 1.165) is 73.9 Å². The first-order valence-corrected chi connectivity index (χ1v) is 15.4. The van der Waals surface area contributed by atoms with Crippen molar-refractivity contribution in [3.8, 4) is 28.4 Å². The maximum Gasteiger partial charge on any atom is 0.228 e. The Morgan fingerprint density at radius 1 is 0.841 bits per heavy atom. The molecule has 4 aromatic rings. The van der Waals surface area contributed by atoms with Crippen LogP contribution >= 0.6 is 0 Å². The van der Waals surface area contributed by atoms with Crippen molar-refractivity contribution in [3.63, 3.8) is 0 Å². The lowest BCUT2D eigenvalue weighted by Gasteiger charge is -2.44. The van der Waals surface area contributed by atoms with Crippen LogP contribution in [0, 0.1) is 0 Å². The van der Waals surface area contributed by atoms with Gasteiger partial charge in [0.1, 0.15) is 17.2 Å². The molecule has 0 amide bonds. The number of hydrogen-bond donors (Lipinski definition) is 2. The van der Waals surface area contributed by atoms with Crippen LogP contribution < -0.4 is 25.7 Å². The molecule has 0 radical (unpaired) electrons. The molecule has 0 aliphatic carbocycles. The Kier molecular flexibility index (Phi) is 10.1. The van der Waals surface area contributed by atoms with Crippen LogP contribution in [0.4, 0.5) is 4.39 Å². The van der Waals surface area contributed by atoms with Gasteiger partial charge in [-0.05, 0) is 85.5 Å². The zero-order valence-electron chi connectivity index (χ0n) is 26.4. The molecule has 0 saturated carbocycles. The van der Waals surface area contributed by atoms with Crippen LogP contribution in [0.1, 0.15) is 37.0 Å². The molecule has 44 heavy (non-hydrogen) atoms. The van der Waals surface area contributed by atoms with Gasteiger partial charge in [0.15, 0.2) is 0 Å². The molecule has 0 bridgehead atoms. The fourth-order valence-electron chi connectivity index (χ4n) is 6.32. The van der Waals surface area contributed by atoms with Crippen LogP contribution in [-0.2, 0) is 25.2 Å². The lowest BCUT2D eigenvalue weighted by atomic mass is 9.91. The topological polar surface area (TPSA) is 91.1 Å². The number of ether oxygens (including phenoxy) is 3. The molecule has 2 heterocycles. The smallest absolute Gasteiger partial charge is 0.228 e. The summed E-state index contributed by atoms with van der Waals surface area (Å²) >= 11 is 0. The second kappa shape index (κ2) is 14.0. The summed E-state index contributed by atoms with van der Waals surface area (Å²) in [6, 6.07) is 18.6. The molecular weight excluding hydrogens is 557 g/mol. The summed E-state index contributed by atoms with van der Waals surface area (Å²) < 4.78 is 31.3. The third kappa shape index (κ3) is 6.71. The van der Waals surface area contributed by atoms with Crippen molar-refractivity contribution in [2.75, 3.05) is 53.8 Å². The van der Waals surface area contributed by atoms with Crippen LogP contribution in [-0.4, -0.2) is 68.2 Å². The predicted octanol–water partition coefficient (Wildman–Crippen LogP) is 5.49. The lowest BCUT2D eigenvalue weighted by Crippen LogP contribution is -2.52. The number of hydrogen-bond acceptors (Lipinski definition) is 7. The highest BCUT2D eigenvalue weighted by molar-refractivity contribution is 5.97. The number of piperazine rings is 1. The lowest BCUT2D eigenvalue weighted by molar-refractivity contribution is 0.0473. The number of methoxy groups -OCH3 is 2. The monoisotopic (exact) mass is 603 g/mol. The molecule has 0 spiro atoms. The minimum Gasteiger partial charge on any atom is -0.497 e. The van der Waals surface area contributed by atoms with E-state index in [-0.39, 0.29) is 5.54 Å². The number of alkyl halides is 1.